The summed E-state index contributed by atoms with van der Waals surface area (Å²) in [7, 11) is 0. The zero-order valence-electron chi connectivity index (χ0n) is 12.8. The first-order valence-corrected chi connectivity index (χ1v) is 8.10. The molecule has 0 spiro atoms. The maximum Gasteiger partial charge on any atom is 0.306 e. The average Bonchev–Trinajstić information content (AvgIpc) is 2.48. The van der Waals surface area contributed by atoms with Crippen molar-refractivity contribution in [2.75, 3.05) is 12.5 Å². The van der Waals surface area contributed by atoms with Gasteiger partial charge >= 0.3 is 5.97 Å². The molecule has 0 heterocycles. The molecule has 126 valence electrons. The molecule has 0 atom stereocenters. The molecule has 0 saturated heterocycles. The van der Waals surface area contributed by atoms with E-state index in [9.17, 15) is 19.5 Å². The largest absolute Gasteiger partial charge is 0.508 e. The molecule has 0 bridgehead atoms. The van der Waals surface area contributed by atoms with Gasteiger partial charge in [0.25, 0.3) is 5.91 Å². The van der Waals surface area contributed by atoms with E-state index < -0.39 is 11.8 Å². The molecule has 1 aromatic rings. The number of nitrogens with one attached hydrogen (secondary N) is 1. The number of ether oxygens (including phenoxy) is 1. The molecule has 23 heavy (non-hydrogen) atoms. The summed E-state index contributed by atoms with van der Waals surface area (Å²) in [6.45, 7) is 1.99. The van der Waals surface area contributed by atoms with Crippen molar-refractivity contribution in [1.29, 1.82) is 0 Å². The predicted molar refractivity (Wildman–Crippen MR) is 86.0 cm³/mol. The minimum Gasteiger partial charge on any atom is -0.508 e. The number of hydrogen-bond acceptors (Lipinski definition) is 6. The molecule has 0 fully saturated rings. The molecular formula is C15H20N2O5S. The van der Waals surface area contributed by atoms with Crippen molar-refractivity contribution in [3.8, 4) is 5.75 Å². The fraction of sp³-hybridized carbons (Fsp3) is 0.400. The Bertz CT molecular complexity index is 577. The number of phenols is 1. The summed E-state index contributed by atoms with van der Waals surface area (Å²) >= 11 is 1.17. The topological polar surface area (TPSA) is 119 Å². The molecule has 0 radical (unpaired) electrons. The Morgan fingerprint density at radius 3 is 2.70 bits per heavy atom. The lowest BCUT2D eigenvalue weighted by Gasteiger charge is -2.10. The number of esters is 1. The Morgan fingerprint density at radius 2 is 2.04 bits per heavy atom. The first kappa shape index (κ1) is 18.8. The number of primary amides is 1. The van der Waals surface area contributed by atoms with Crippen LogP contribution < -0.4 is 11.1 Å². The highest BCUT2D eigenvalue weighted by molar-refractivity contribution is 7.99. The third-order valence-electron chi connectivity index (χ3n) is 2.75. The molecule has 0 aromatic heterocycles. The predicted octanol–water partition coefficient (Wildman–Crippen LogP) is 1.39. The smallest absolute Gasteiger partial charge is 0.306 e. The standard InChI is InChI=1S/C15H20N2O5S/c1-2-3-14(20)22-9-23-12-5-4-10(18)8-11(12)15(21)17-7-6-13(16)19/h4-5,8,18H,2-3,6-7,9H2,1H3,(H2,16,19)(H,17,21). The van der Waals surface area contributed by atoms with Crippen LogP contribution in [0.2, 0.25) is 0 Å². The van der Waals surface area contributed by atoms with Crippen LogP contribution in [0.5, 0.6) is 5.75 Å². The number of carbonyl (C=O) groups is 3. The van der Waals surface area contributed by atoms with Crippen molar-refractivity contribution < 1.29 is 24.2 Å². The van der Waals surface area contributed by atoms with Gasteiger partial charge in [-0.2, -0.15) is 0 Å². The molecule has 0 aliphatic heterocycles. The molecule has 0 aliphatic carbocycles. The van der Waals surface area contributed by atoms with Crippen LogP contribution in [-0.2, 0) is 14.3 Å². The van der Waals surface area contributed by atoms with Gasteiger partial charge in [0.05, 0.1) is 5.56 Å². The number of benzene rings is 1. The lowest BCUT2D eigenvalue weighted by molar-refractivity contribution is -0.141. The van der Waals surface area contributed by atoms with Gasteiger partial charge in [-0.3, -0.25) is 14.4 Å². The summed E-state index contributed by atoms with van der Waals surface area (Å²) < 4.78 is 5.03. The average molecular weight is 340 g/mol. The maximum absolute atomic E-state index is 12.1. The van der Waals surface area contributed by atoms with Crippen LogP contribution in [0.25, 0.3) is 0 Å². The van der Waals surface area contributed by atoms with E-state index in [1.54, 1.807) is 6.07 Å². The first-order valence-electron chi connectivity index (χ1n) is 7.12. The fourth-order valence-corrected chi connectivity index (χ4v) is 2.44. The van der Waals surface area contributed by atoms with E-state index >= 15 is 0 Å². The third-order valence-corrected chi connectivity index (χ3v) is 3.66. The Balaban J connectivity index is 2.66. The van der Waals surface area contributed by atoms with Crippen LogP contribution in [0.15, 0.2) is 23.1 Å². The fourth-order valence-electron chi connectivity index (χ4n) is 1.65. The van der Waals surface area contributed by atoms with Gasteiger partial charge in [0.15, 0.2) is 0 Å². The quantitative estimate of drug-likeness (QED) is 0.355. The summed E-state index contributed by atoms with van der Waals surface area (Å²) in [5.41, 5.74) is 5.25. The summed E-state index contributed by atoms with van der Waals surface area (Å²) in [5, 5.41) is 12.1. The van der Waals surface area contributed by atoms with E-state index in [4.69, 9.17) is 10.5 Å². The molecule has 0 aliphatic rings. The molecule has 2 amide bonds. The molecule has 0 unspecified atom stereocenters. The molecule has 1 aromatic carbocycles. The van der Waals surface area contributed by atoms with E-state index in [0.717, 1.165) is 0 Å². The number of thioether (sulfide) groups is 1. The highest BCUT2D eigenvalue weighted by Crippen LogP contribution is 2.26. The number of rotatable bonds is 9. The van der Waals surface area contributed by atoms with Crippen LogP contribution in [-0.4, -0.2) is 35.4 Å². The van der Waals surface area contributed by atoms with Crippen LogP contribution in [0, 0.1) is 0 Å². The number of hydrogen-bond donors (Lipinski definition) is 3. The SMILES string of the molecule is CCCC(=O)OCSc1ccc(O)cc1C(=O)NCCC(N)=O. The number of carbonyl (C=O) groups excluding carboxylic acids is 3. The van der Waals surface area contributed by atoms with Crippen molar-refractivity contribution in [3.63, 3.8) is 0 Å². The number of aromatic hydroxyl groups is 1. The Kier molecular flexibility index (Phi) is 7.96. The zero-order chi connectivity index (χ0) is 17.2. The van der Waals surface area contributed by atoms with Gasteiger partial charge in [-0.15, -0.1) is 0 Å². The van der Waals surface area contributed by atoms with E-state index in [1.807, 2.05) is 6.92 Å². The molecule has 8 heteroatoms. The summed E-state index contributed by atoms with van der Waals surface area (Å²) in [6, 6.07) is 4.32. The summed E-state index contributed by atoms with van der Waals surface area (Å²) in [4.78, 5) is 34.7. The molecule has 4 N–H and O–H groups in total. The zero-order valence-corrected chi connectivity index (χ0v) is 13.6. The molecular weight excluding hydrogens is 320 g/mol. The summed E-state index contributed by atoms with van der Waals surface area (Å²) in [5.74, 6) is -1.24. The van der Waals surface area contributed by atoms with Crippen molar-refractivity contribution in [2.24, 2.45) is 5.73 Å². The minimum atomic E-state index is -0.515. The van der Waals surface area contributed by atoms with E-state index in [0.29, 0.717) is 17.7 Å². The monoisotopic (exact) mass is 340 g/mol. The van der Waals surface area contributed by atoms with Gasteiger partial charge in [-0.05, 0) is 24.6 Å². The minimum absolute atomic E-state index is 0.0294. The summed E-state index contributed by atoms with van der Waals surface area (Å²) in [6.07, 6.45) is 1.08. The van der Waals surface area contributed by atoms with Crippen molar-refractivity contribution in [2.45, 2.75) is 31.1 Å². The van der Waals surface area contributed by atoms with Crippen molar-refractivity contribution in [3.05, 3.63) is 23.8 Å². The number of amides is 2. The lowest BCUT2D eigenvalue weighted by Crippen LogP contribution is -2.28. The second kappa shape index (κ2) is 9.73. The van der Waals surface area contributed by atoms with Gasteiger partial charge in [0, 0.05) is 24.3 Å². The second-order valence-electron chi connectivity index (χ2n) is 4.68. The second-order valence-corrected chi connectivity index (χ2v) is 5.65. The molecule has 0 saturated carbocycles. The van der Waals surface area contributed by atoms with Gasteiger partial charge in [-0.25, -0.2) is 0 Å². The van der Waals surface area contributed by atoms with Gasteiger partial charge < -0.3 is 20.9 Å². The highest BCUT2D eigenvalue weighted by atomic mass is 32.2. The number of phenolic OH excluding ortho intramolecular Hbond substituents is 1. The van der Waals surface area contributed by atoms with Gasteiger partial charge in [0.1, 0.15) is 11.7 Å². The lowest BCUT2D eigenvalue weighted by atomic mass is 10.2. The van der Waals surface area contributed by atoms with Crippen LogP contribution >= 0.6 is 11.8 Å². The van der Waals surface area contributed by atoms with Gasteiger partial charge in [0.2, 0.25) is 5.91 Å². The van der Waals surface area contributed by atoms with E-state index in [-0.39, 0.29) is 36.2 Å². The highest BCUT2D eigenvalue weighted by Gasteiger charge is 2.13. The first-order chi connectivity index (χ1) is 10.9. The Morgan fingerprint density at radius 1 is 1.30 bits per heavy atom. The van der Waals surface area contributed by atoms with E-state index in [1.165, 1.54) is 23.9 Å². The van der Waals surface area contributed by atoms with Crippen molar-refractivity contribution in [1.82, 2.24) is 5.32 Å². The van der Waals surface area contributed by atoms with Crippen LogP contribution in [0.4, 0.5) is 0 Å². The molecule has 1 rings (SSSR count). The molecule has 7 nitrogen and oxygen atoms in total. The Labute approximate surface area is 138 Å². The van der Waals surface area contributed by atoms with Crippen molar-refractivity contribution >= 4 is 29.5 Å². The van der Waals surface area contributed by atoms with Crippen LogP contribution in [0.1, 0.15) is 36.5 Å². The number of nitrogens with two attached hydrogens (primary N) is 1. The maximum atomic E-state index is 12.1. The normalized spacial score (nSPS) is 10.1. The van der Waals surface area contributed by atoms with Crippen LogP contribution in [0.3, 0.4) is 0 Å². The Hall–Kier alpha value is -2.22. The van der Waals surface area contributed by atoms with Gasteiger partial charge in [-0.1, -0.05) is 18.7 Å². The van der Waals surface area contributed by atoms with E-state index in [2.05, 4.69) is 5.32 Å². The third kappa shape index (κ3) is 7.05.